The molecule has 0 saturated carbocycles. The Kier molecular flexibility index (Phi) is 3.80. The maximum absolute atomic E-state index is 9.09. The normalized spacial score (nSPS) is 21.2. The third-order valence-corrected chi connectivity index (χ3v) is 3.17. The molecule has 0 spiro atoms. The highest BCUT2D eigenvalue weighted by atomic mass is 16.5. The van der Waals surface area contributed by atoms with Crippen molar-refractivity contribution in [3.8, 4) is 5.75 Å². The zero-order valence-corrected chi connectivity index (χ0v) is 9.72. The number of aliphatic hydroxyl groups excluding tert-OH is 1. The van der Waals surface area contributed by atoms with Crippen molar-refractivity contribution in [1.29, 1.82) is 0 Å². The number of benzene rings is 1. The summed E-state index contributed by atoms with van der Waals surface area (Å²) in [7, 11) is 1.69. The molecule has 1 unspecified atom stereocenters. The molecule has 0 aliphatic carbocycles. The Morgan fingerprint density at radius 2 is 2.38 bits per heavy atom. The predicted molar refractivity (Wildman–Crippen MR) is 63.5 cm³/mol. The maximum Gasteiger partial charge on any atom is 0.119 e. The number of methoxy groups -OCH3 is 1. The lowest BCUT2D eigenvalue weighted by atomic mass is 10.1. The zero-order valence-electron chi connectivity index (χ0n) is 9.72. The summed E-state index contributed by atoms with van der Waals surface area (Å²) < 4.78 is 5.20. The minimum absolute atomic E-state index is 0.314. The number of rotatable bonds is 4. The fourth-order valence-electron chi connectivity index (χ4n) is 2.23. The molecule has 16 heavy (non-hydrogen) atoms. The molecule has 0 amide bonds. The number of nitrogens with zero attached hydrogens (tertiary/aromatic N) is 1. The summed E-state index contributed by atoms with van der Waals surface area (Å²) in [6.45, 7) is 3.36. The van der Waals surface area contributed by atoms with Gasteiger partial charge in [-0.25, -0.2) is 0 Å². The van der Waals surface area contributed by atoms with Crippen LogP contribution in [0, 0.1) is 5.92 Å². The van der Waals surface area contributed by atoms with Gasteiger partial charge in [-0.2, -0.15) is 0 Å². The second kappa shape index (κ2) is 5.32. The van der Waals surface area contributed by atoms with E-state index in [-0.39, 0.29) is 0 Å². The van der Waals surface area contributed by atoms with Gasteiger partial charge in [0.15, 0.2) is 0 Å². The highest BCUT2D eigenvalue weighted by Crippen LogP contribution is 2.20. The van der Waals surface area contributed by atoms with Gasteiger partial charge in [-0.1, -0.05) is 12.1 Å². The number of ether oxygens (including phenoxy) is 1. The van der Waals surface area contributed by atoms with Crippen molar-refractivity contribution in [2.45, 2.75) is 13.0 Å². The molecule has 88 valence electrons. The number of hydrogen-bond acceptors (Lipinski definition) is 3. The minimum atomic E-state index is 0.314. The van der Waals surface area contributed by atoms with Gasteiger partial charge in [0.25, 0.3) is 0 Å². The van der Waals surface area contributed by atoms with Gasteiger partial charge in [-0.3, -0.25) is 4.90 Å². The second-order valence-electron chi connectivity index (χ2n) is 4.42. The quantitative estimate of drug-likeness (QED) is 0.836. The fourth-order valence-corrected chi connectivity index (χ4v) is 2.23. The van der Waals surface area contributed by atoms with Crippen LogP contribution in [0.25, 0.3) is 0 Å². The molecule has 1 aromatic rings. The van der Waals surface area contributed by atoms with Gasteiger partial charge in [0.05, 0.1) is 7.11 Å². The van der Waals surface area contributed by atoms with E-state index in [9.17, 15) is 0 Å². The van der Waals surface area contributed by atoms with Crippen LogP contribution in [0.5, 0.6) is 5.75 Å². The van der Waals surface area contributed by atoms with Crippen LogP contribution in [-0.2, 0) is 6.54 Å². The van der Waals surface area contributed by atoms with Gasteiger partial charge in [0, 0.05) is 19.7 Å². The summed E-state index contributed by atoms with van der Waals surface area (Å²) in [6, 6.07) is 8.18. The monoisotopic (exact) mass is 221 g/mol. The molecule has 1 atom stereocenters. The van der Waals surface area contributed by atoms with Crippen LogP contribution in [0.2, 0.25) is 0 Å². The molecular weight excluding hydrogens is 202 g/mol. The summed E-state index contributed by atoms with van der Waals surface area (Å²) in [5.41, 5.74) is 1.28. The Labute approximate surface area is 96.6 Å². The molecule has 0 bridgehead atoms. The first-order valence-corrected chi connectivity index (χ1v) is 5.78. The van der Waals surface area contributed by atoms with Gasteiger partial charge in [-0.15, -0.1) is 0 Å². The van der Waals surface area contributed by atoms with E-state index >= 15 is 0 Å². The second-order valence-corrected chi connectivity index (χ2v) is 4.42. The Bertz CT molecular complexity index is 340. The van der Waals surface area contributed by atoms with E-state index in [1.165, 1.54) is 5.56 Å². The van der Waals surface area contributed by atoms with E-state index in [1.54, 1.807) is 7.11 Å². The summed E-state index contributed by atoms with van der Waals surface area (Å²) in [5, 5.41) is 9.09. The van der Waals surface area contributed by atoms with E-state index in [2.05, 4.69) is 17.0 Å². The summed E-state index contributed by atoms with van der Waals surface area (Å²) in [6.07, 6.45) is 1.11. The Hall–Kier alpha value is -1.06. The van der Waals surface area contributed by atoms with Crippen molar-refractivity contribution in [1.82, 2.24) is 4.90 Å². The van der Waals surface area contributed by atoms with E-state index < -0.39 is 0 Å². The molecule has 1 heterocycles. The first-order valence-electron chi connectivity index (χ1n) is 5.78. The van der Waals surface area contributed by atoms with E-state index in [0.717, 1.165) is 31.8 Å². The lowest BCUT2D eigenvalue weighted by Crippen LogP contribution is -2.20. The van der Waals surface area contributed by atoms with Crippen LogP contribution in [0.4, 0.5) is 0 Å². The van der Waals surface area contributed by atoms with E-state index in [0.29, 0.717) is 12.5 Å². The first kappa shape index (κ1) is 11.4. The van der Waals surface area contributed by atoms with Crippen LogP contribution >= 0.6 is 0 Å². The van der Waals surface area contributed by atoms with E-state index in [4.69, 9.17) is 9.84 Å². The molecule has 0 aromatic heterocycles. The summed E-state index contributed by atoms with van der Waals surface area (Å²) >= 11 is 0. The zero-order chi connectivity index (χ0) is 11.4. The number of aliphatic hydroxyl groups is 1. The predicted octanol–water partition coefficient (Wildman–Crippen LogP) is 1.51. The average Bonchev–Trinajstić information content (AvgIpc) is 2.77. The fraction of sp³-hybridized carbons (Fsp3) is 0.538. The molecule has 1 aliphatic heterocycles. The topological polar surface area (TPSA) is 32.7 Å². The lowest BCUT2D eigenvalue weighted by Gasteiger charge is -2.15. The lowest BCUT2D eigenvalue weighted by molar-refractivity contribution is 0.220. The molecule has 2 rings (SSSR count). The molecule has 3 heteroatoms. The van der Waals surface area contributed by atoms with Gasteiger partial charge >= 0.3 is 0 Å². The van der Waals surface area contributed by atoms with Gasteiger partial charge in [0.1, 0.15) is 5.75 Å². The van der Waals surface area contributed by atoms with Gasteiger partial charge in [0.2, 0.25) is 0 Å². The van der Waals surface area contributed by atoms with Crippen LogP contribution in [0.15, 0.2) is 24.3 Å². The van der Waals surface area contributed by atoms with Crippen molar-refractivity contribution in [2.75, 3.05) is 26.8 Å². The standard InChI is InChI=1S/C13H19NO2/c1-16-13-4-2-3-11(7-13)8-14-6-5-12(9-14)10-15/h2-4,7,12,15H,5-6,8-10H2,1H3. The summed E-state index contributed by atoms with van der Waals surface area (Å²) in [4.78, 5) is 2.38. The van der Waals surface area contributed by atoms with Crippen molar-refractivity contribution < 1.29 is 9.84 Å². The highest BCUT2D eigenvalue weighted by molar-refractivity contribution is 5.28. The molecule has 3 nitrogen and oxygen atoms in total. The molecule has 1 saturated heterocycles. The molecule has 0 radical (unpaired) electrons. The highest BCUT2D eigenvalue weighted by Gasteiger charge is 2.21. The molecular formula is C13H19NO2. The number of hydrogen-bond donors (Lipinski definition) is 1. The molecule has 1 fully saturated rings. The Morgan fingerprint density at radius 3 is 3.06 bits per heavy atom. The van der Waals surface area contributed by atoms with Crippen molar-refractivity contribution >= 4 is 0 Å². The third-order valence-electron chi connectivity index (χ3n) is 3.17. The molecule has 1 N–H and O–H groups in total. The number of likely N-dealkylation sites (tertiary alicyclic amines) is 1. The maximum atomic E-state index is 9.09. The smallest absolute Gasteiger partial charge is 0.119 e. The van der Waals surface area contributed by atoms with Crippen molar-refractivity contribution in [3.05, 3.63) is 29.8 Å². The van der Waals surface area contributed by atoms with Crippen LogP contribution in [0.1, 0.15) is 12.0 Å². The average molecular weight is 221 g/mol. The summed E-state index contributed by atoms with van der Waals surface area (Å²) in [5.74, 6) is 1.38. The minimum Gasteiger partial charge on any atom is -0.497 e. The van der Waals surface area contributed by atoms with E-state index in [1.807, 2.05) is 12.1 Å². The van der Waals surface area contributed by atoms with Crippen molar-refractivity contribution in [2.24, 2.45) is 5.92 Å². The SMILES string of the molecule is COc1cccc(CN2CCC(CO)C2)c1. The molecule has 1 aromatic carbocycles. The first-order chi connectivity index (χ1) is 7.81. The van der Waals surface area contributed by atoms with Gasteiger partial charge < -0.3 is 9.84 Å². The molecule has 1 aliphatic rings. The Morgan fingerprint density at radius 1 is 1.50 bits per heavy atom. The van der Waals surface area contributed by atoms with Crippen LogP contribution in [0.3, 0.4) is 0 Å². The Balaban J connectivity index is 1.94. The third kappa shape index (κ3) is 2.74. The van der Waals surface area contributed by atoms with Crippen LogP contribution < -0.4 is 4.74 Å². The van der Waals surface area contributed by atoms with Crippen molar-refractivity contribution in [3.63, 3.8) is 0 Å². The van der Waals surface area contributed by atoms with Gasteiger partial charge in [-0.05, 0) is 36.6 Å². The van der Waals surface area contributed by atoms with Crippen LogP contribution in [-0.4, -0.2) is 36.8 Å². The largest absolute Gasteiger partial charge is 0.497 e.